The lowest BCUT2D eigenvalue weighted by atomic mass is 9.73. The average molecular weight is 320 g/mol. The average Bonchev–Trinajstić information content (AvgIpc) is 3.01. The summed E-state index contributed by atoms with van der Waals surface area (Å²) < 4.78 is 5.21. The summed E-state index contributed by atoms with van der Waals surface area (Å²) in [4.78, 5) is 30.3. The predicted octanol–water partition coefficient (Wildman–Crippen LogP) is 2.62. The third-order valence-corrected chi connectivity index (χ3v) is 4.71. The standard InChI is InChI=1S/C16H24N4O3/c1-23-12-13-6-4-11-20(13)15(22)16(9-5-10-18-19-17)8-3-2-7-14(16)21/h3,8,13H,2,4-7,9-12H2,1H3/t13-,16-/m0/s1. The number of amides is 1. The van der Waals surface area contributed by atoms with Gasteiger partial charge >= 0.3 is 0 Å². The van der Waals surface area contributed by atoms with E-state index in [0.29, 0.717) is 45.4 Å². The van der Waals surface area contributed by atoms with Gasteiger partial charge in [-0.2, -0.15) is 0 Å². The zero-order valence-corrected chi connectivity index (χ0v) is 13.6. The molecule has 1 heterocycles. The summed E-state index contributed by atoms with van der Waals surface area (Å²) in [5, 5.41) is 3.51. The Morgan fingerprint density at radius 2 is 2.43 bits per heavy atom. The minimum atomic E-state index is -1.08. The molecule has 1 aliphatic carbocycles. The molecule has 7 nitrogen and oxygen atoms in total. The van der Waals surface area contributed by atoms with Crippen molar-refractivity contribution in [3.05, 3.63) is 22.6 Å². The first-order valence-electron chi connectivity index (χ1n) is 8.17. The van der Waals surface area contributed by atoms with E-state index in [2.05, 4.69) is 10.0 Å². The highest BCUT2D eigenvalue weighted by Crippen LogP contribution is 2.37. The van der Waals surface area contributed by atoms with Crippen LogP contribution in [0.25, 0.3) is 10.4 Å². The SMILES string of the molecule is COC[C@@H]1CCCN1C(=O)[C@]1(CCCN=[N+]=[N-])C=CCCC1=O. The third kappa shape index (κ3) is 3.74. The van der Waals surface area contributed by atoms with E-state index in [0.717, 1.165) is 12.8 Å². The van der Waals surface area contributed by atoms with Crippen LogP contribution < -0.4 is 0 Å². The second-order valence-electron chi connectivity index (χ2n) is 6.14. The van der Waals surface area contributed by atoms with Crippen molar-refractivity contribution in [3.8, 4) is 0 Å². The lowest BCUT2D eigenvalue weighted by Gasteiger charge is -2.36. The molecule has 1 saturated heterocycles. The molecule has 7 heteroatoms. The summed E-state index contributed by atoms with van der Waals surface area (Å²) in [6, 6.07) is 0.0460. The van der Waals surface area contributed by atoms with Crippen molar-refractivity contribution in [1.82, 2.24) is 4.90 Å². The number of hydrogen-bond acceptors (Lipinski definition) is 4. The van der Waals surface area contributed by atoms with E-state index in [-0.39, 0.29) is 17.7 Å². The van der Waals surface area contributed by atoms with Crippen LogP contribution in [0.15, 0.2) is 17.3 Å². The lowest BCUT2D eigenvalue weighted by molar-refractivity contribution is -0.148. The topological polar surface area (TPSA) is 95.4 Å². The van der Waals surface area contributed by atoms with Gasteiger partial charge in [0.05, 0.1) is 12.6 Å². The maximum absolute atomic E-state index is 13.2. The lowest BCUT2D eigenvalue weighted by Crippen LogP contribution is -2.51. The predicted molar refractivity (Wildman–Crippen MR) is 85.7 cm³/mol. The number of likely N-dealkylation sites (tertiary alicyclic amines) is 1. The highest BCUT2D eigenvalue weighted by Gasteiger charge is 2.47. The zero-order valence-electron chi connectivity index (χ0n) is 13.6. The summed E-state index contributed by atoms with van der Waals surface area (Å²) in [5.41, 5.74) is 7.30. The molecule has 23 heavy (non-hydrogen) atoms. The van der Waals surface area contributed by atoms with Crippen molar-refractivity contribution < 1.29 is 14.3 Å². The number of methoxy groups -OCH3 is 1. The summed E-state index contributed by atoms with van der Waals surface area (Å²) in [7, 11) is 1.63. The van der Waals surface area contributed by atoms with Crippen molar-refractivity contribution in [2.45, 2.75) is 44.6 Å². The molecule has 0 bridgehead atoms. The van der Waals surface area contributed by atoms with Crippen molar-refractivity contribution in [2.75, 3.05) is 26.8 Å². The molecular weight excluding hydrogens is 296 g/mol. The van der Waals surface area contributed by atoms with E-state index in [9.17, 15) is 9.59 Å². The first-order chi connectivity index (χ1) is 11.2. The van der Waals surface area contributed by atoms with Crippen LogP contribution in [0, 0.1) is 5.41 Å². The minimum Gasteiger partial charge on any atom is -0.383 e. The summed E-state index contributed by atoms with van der Waals surface area (Å²) >= 11 is 0. The Morgan fingerprint density at radius 3 is 3.13 bits per heavy atom. The fourth-order valence-corrected chi connectivity index (χ4v) is 3.53. The molecule has 0 N–H and O–H groups in total. The van der Waals surface area contributed by atoms with E-state index < -0.39 is 5.41 Å². The van der Waals surface area contributed by atoms with Gasteiger partial charge in [-0.15, -0.1) is 0 Å². The number of rotatable bonds is 7. The molecule has 2 rings (SSSR count). The van der Waals surface area contributed by atoms with Gasteiger partial charge in [0.2, 0.25) is 5.91 Å². The summed E-state index contributed by atoms with van der Waals surface area (Å²) in [6.45, 7) is 1.47. The first kappa shape index (κ1) is 17.5. The van der Waals surface area contributed by atoms with Gasteiger partial charge in [-0.05, 0) is 37.6 Å². The van der Waals surface area contributed by atoms with E-state index in [1.165, 1.54) is 0 Å². The molecule has 2 aliphatic rings. The number of ether oxygens (including phenoxy) is 1. The Morgan fingerprint density at radius 1 is 1.61 bits per heavy atom. The molecule has 0 radical (unpaired) electrons. The summed E-state index contributed by atoms with van der Waals surface area (Å²) in [5.74, 6) is -0.132. The van der Waals surface area contributed by atoms with Gasteiger partial charge in [0, 0.05) is 31.5 Å². The number of carbonyl (C=O) groups is 2. The molecule has 0 saturated carbocycles. The Kier molecular flexibility index (Phi) is 6.19. The first-order valence-corrected chi connectivity index (χ1v) is 8.17. The molecule has 1 fully saturated rings. The van der Waals surface area contributed by atoms with E-state index in [4.69, 9.17) is 10.3 Å². The fraction of sp³-hybridized carbons (Fsp3) is 0.750. The van der Waals surface area contributed by atoms with Crippen LogP contribution in [0.3, 0.4) is 0 Å². The van der Waals surface area contributed by atoms with Crippen molar-refractivity contribution in [3.63, 3.8) is 0 Å². The molecule has 0 aromatic heterocycles. The Hall–Kier alpha value is -1.85. The molecule has 0 aromatic carbocycles. The van der Waals surface area contributed by atoms with Crippen LogP contribution >= 0.6 is 0 Å². The van der Waals surface area contributed by atoms with Gasteiger partial charge in [0.15, 0.2) is 5.78 Å². The van der Waals surface area contributed by atoms with E-state index in [1.807, 2.05) is 11.0 Å². The van der Waals surface area contributed by atoms with Crippen LogP contribution in [0.5, 0.6) is 0 Å². The molecule has 1 amide bonds. The van der Waals surface area contributed by atoms with Gasteiger partial charge in [-0.25, -0.2) is 0 Å². The van der Waals surface area contributed by atoms with Crippen LogP contribution in [-0.4, -0.2) is 49.4 Å². The number of Topliss-reactive ketones (excluding diaryl/α,β-unsaturated/α-hetero) is 1. The normalized spacial score (nSPS) is 27.1. The Labute approximate surface area is 136 Å². The highest BCUT2D eigenvalue weighted by molar-refractivity contribution is 6.08. The quantitative estimate of drug-likeness (QED) is 0.180. The van der Waals surface area contributed by atoms with Gasteiger partial charge in [-0.1, -0.05) is 17.3 Å². The molecule has 2 atom stereocenters. The van der Waals surface area contributed by atoms with E-state index in [1.54, 1.807) is 13.2 Å². The van der Waals surface area contributed by atoms with Crippen LogP contribution in [0.2, 0.25) is 0 Å². The molecule has 0 unspecified atom stereocenters. The molecule has 0 spiro atoms. The van der Waals surface area contributed by atoms with Gasteiger partial charge < -0.3 is 9.64 Å². The van der Waals surface area contributed by atoms with Crippen LogP contribution in [0.1, 0.15) is 38.5 Å². The van der Waals surface area contributed by atoms with Crippen molar-refractivity contribution >= 4 is 11.7 Å². The number of carbonyl (C=O) groups excluding carboxylic acids is 2. The zero-order chi connectivity index (χ0) is 16.7. The number of allylic oxidation sites excluding steroid dienone is 1. The van der Waals surface area contributed by atoms with Crippen LogP contribution in [-0.2, 0) is 14.3 Å². The van der Waals surface area contributed by atoms with Gasteiger partial charge in [-0.3, -0.25) is 9.59 Å². The second-order valence-corrected chi connectivity index (χ2v) is 6.14. The number of nitrogens with zero attached hydrogens (tertiary/aromatic N) is 4. The van der Waals surface area contributed by atoms with Gasteiger partial charge in [0.25, 0.3) is 0 Å². The highest BCUT2D eigenvalue weighted by atomic mass is 16.5. The third-order valence-electron chi connectivity index (χ3n) is 4.71. The monoisotopic (exact) mass is 320 g/mol. The van der Waals surface area contributed by atoms with Crippen LogP contribution in [0.4, 0.5) is 0 Å². The Bertz CT molecular complexity index is 527. The maximum atomic E-state index is 13.2. The summed E-state index contributed by atoms with van der Waals surface area (Å²) in [6.07, 6.45) is 7.55. The molecule has 126 valence electrons. The second kappa shape index (κ2) is 8.13. The van der Waals surface area contributed by atoms with Gasteiger partial charge in [0.1, 0.15) is 5.41 Å². The largest absolute Gasteiger partial charge is 0.383 e. The van der Waals surface area contributed by atoms with Crippen molar-refractivity contribution in [1.29, 1.82) is 0 Å². The number of azide groups is 1. The minimum absolute atomic E-state index is 0.0194. The number of ketones is 1. The van der Waals surface area contributed by atoms with E-state index >= 15 is 0 Å². The smallest absolute Gasteiger partial charge is 0.240 e. The fourth-order valence-electron chi connectivity index (χ4n) is 3.53. The Balaban J connectivity index is 2.20. The number of hydrogen-bond donors (Lipinski definition) is 0. The maximum Gasteiger partial charge on any atom is 0.240 e. The molecular formula is C16H24N4O3. The van der Waals surface area contributed by atoms with Crippen molar-refractivity contribution in [2.24, 2.45) is 10.5 Å². The molecule has 0 aromatic rings. The molecule has 1 aliphatic heterocycles.